The maximum Gasteiger partial charge on any atom is 0.197 e. The van der Waals surface area contributed by atoms with Crippen LogP contribution in [0.15, 0.2) is 43.0 Å². The molecule has 0 fully saturated rings. The fourth-order valence-electron chi connectivity index (χ4n) is 0.590. The Morgan fingerprint density at radius 1 is 1.08 bits per heavy atom. The molecule has 0 aliphatic carbocycles. The first-order valence-electron chi connectivity index (χ1n) is 3.49. The van der Waals surface area contributed by atoms with Gasteiger partial charge in [0.25, 0.3) is 0 Å². The minimum Gasteiger partial charge on any atom is -0.369 e. The van der Waals surface area contributed by atoms with Crippen LogP contribution in [0.2, 0.25) is 0 Å². The second-order valence-electron chi connectivity index (χ2n) is 2.00. The van der Waals surface area contributed by atoms with Gasteiger partial charge >= 0.3 is 0 Å². The van der Waals surface area contributed by atoms with E-state index in [0.29, 0.717) is 5.95 Å². The number of aromatic nitrogens is 3. The molecule has 0 unspecified atom stereocenters. The van der Waals surface area contributed by atoms with E-state index in [1.165, 1.54) is 0 Å². The summed E-state index contributed by atoms with van der Waals surface area (Å²) in [6, 6.07) is 5.72. The van der Waals surface area contributed by atoms with E-state index in [1.54, 1.807) is 24.8 Å². The van der Waals surface area contributed by atoms with E-state index in [1.807, 2.05) is 18.2 Å². The van der Waals surface area contributed by atoms with Crippen molar-refractivity contribution in [3.8, 4) is 0 Å². The van der Waals surface area contributed by atoms with Crippen LogP contribution in [0, 0.1) is 0 Å². The van der Waals surface area contributed by atoms with Gasteiger partial charge in [0.15, 0.2) is 5.95 Å². The molecule has 2 rings (SSSR count). The lowest BCUT2D eigenvalue weighted by atomic mass is 10.5. The highest BCUT2D eigenvalue weighted by molar-refractivity contribution is 5.11. The Labute approximate surface area is 70.5 Å². The van der Waals surface area contributed by atoms with Crippen molar-refractivity contribution in [1.82, 2.24) is 15.0 Å². The molecular formula is C8H10N4. The van der Waals surface area contributed by atoms with Crippen LogP contribution in [0.5, 0.6) is 0 Å². The number of rotatable bonds is 0. The summed E-state index contributed by atoms with van der Waals surface area (Å²) in [5.74, 6) is 0.468. The lowest BCUT2D eigenvalue weighted by molar-refractivity contribution is 1.33. The van der Waals surface area contributed by atoms with Crippen molar-refractivity contribution in [3.63, 3.8) is 0 Å². The summed E-state index contributed by atoms with van der Waals surface area (Å²) in [6.07, 6.45) is 6.78. The van der Waals surface area contributed by atoms with Crippen LogP contribution in [0.25, 0.3) is 0 Å². The molecule has 0 saturated carbocycles. The van der Waals surface area contributed by atoms with E-state index in [9.17, 15) is 0 Å². The van der Waals surface area contributed by atoms with Gasteiger partial charge in [-0.05, 0) is 12.1 Å². The molecular weight excluding hydrogens is 152 g/mol. The number of hydrogen-bond donors (Lipinski definition) is 2. The van der Waals surface area contributed by atoms with Crippen LogP contribution in [0.1, 0.15) is 0 Å². The highest BCUT2D eigenvalue weighted by Crippen LogP contribution is 1.81. The number of anilines is 1. The number of hydrogen-bond acceptors (Lipinski definition) is 3. The minimum absolute atomic E-state index is 0.468. The van der Waals surface area contributed by atoms with Crippen LogP contribution in [-0.2, 0) is 0 Å². The second kappa shape index (κ2) is 4.90. The number of nitrogens with one attached hydrogen (secondary N) is 1. The maximum atomic E-state index is 5.11. The number of pyridine rings is 1. The molecule has 2 heterocycles. The topological polar surface area (TPSA) is 67.6 Å². The summed E-state index contributed by atoms with van der Waals surface area (Å²) in [7, 11) is 0. The molecule has 0 spiro atoms. The first kappa shape index (κ1) is 8.26. The van der Waals surface area contributed by atoms with Gasteiger partial charge in [-0.1, -0.05) is 6.07 Å². The first-order valence-corrected chi connectivity index (χ1v) is 3.49. The Balaban J connectivity index is 0.000000120. The lowest BCUT2D eigenvalue weighted by Crippen LogP contribution is -1.83. The molecule has 4 nitrogen and oxygen atoms in total. The zero-order valence-electron chi connectivity index (χ0n) is 6.51. The Morgan fingerprint density at radius 2 is 1.83 bits per heavy atom. The minimum atomic E-state index is 0.468. The molecule has 2 aromatic heterocycles. The van der Waals surface area contributed by atoms with Crippen molar-refractivity contribution in [2.45, 2.75) is 0 Å². The van der Waals surface area contributed by atoms with Crippen molar-refractivity contribution in [1.29, 1.82) is 0 Å². The molecule has 0 aliphatic rings. The second-order valence-corrected chi connectivity index (χ2v) is 2.00. The fraction of sp³-hybridized carbons (Fsp3) is 0. The van der Waals surface area contributed by atoms with Gasteiger partial charge in [0.1, 0.15) is 0 Å². The number of H-pyrrole nitrogens is 1. The summed E-state index contributed by atoms with van der Waals surface area (Å²) in [6.45, 7) is 0. The zero-order chi connectivity index (χ0) is 8.65. The van der Waals surface area contributed by atoms with E-state index >= 15 is 0 Å². The van der Waals surface area contributed by atoms with Crippen molar-refractivity contribution >= 4 is 5.95 Å². The lowest BCUT2D eigenvalue weighted by Gasteiger charge is -1.70. The number of nitrogens with two attached hydrogens (primary N) is 1. The number of imidazole rings is 1. The highest BCUT2D eigenvalue weighted by Gasteiger charge is 1.74. The van der Waals surface area contributed by atoms with Gasteiger partial charge in [-0.25, -0.2) is 4.98 Å². The summed E-state index contributed by atoms with van der Waals surface area (Å²) in [5, 5.41) is 0. The zero-order valence-corrected chi connectivity index (χ0v) is 6.51. The molecule has 0 aromatic carbocycles. The fourth-order valence-corrected chi connectivity index (χ4v) is 0.590. The molecule has 0 saturated heterocycles. The largest absolute Gasteiger partial charge is 0.369 e. The van der Waals surface area contributed by atoms with E-state index in [-0.39, 0.29) is 0 Å². The summed E-state index contributed by atoms with van der Waals surface area (Å²) < 4.78 is 0. The Kier molecular flexibility index (Phi) is 3.37. The Morgan fingerprint density at radius 3 is 2.00 bits per heavy atom. The van der Waals surface area contributed by atoms with E-state index < -0.39 is 0 Å². The summed E-state index contributed by atoms with van der Waals surface area (Å²) >= 11 is 0. The predicted octanol–water partition coefficient (Wildman–Crippen LogP) is 1.07. The molecule has 0 amide bonds. The normalized spacial score (nSPS) is 8.33. The van der Waals surface area contributed by atoms with E-state index in [2.05, 4.69) is 15.0 Å². The highest BCUT2D eigenvalue weighted by atomic mass is 15.0. The quantitative estimate of drug-likeness (QED) is 0.609. The van der Waals surface area contributed by atoms with Crippen LogP contribution >= 0.6 is 0 Å². The third-order valence-electron chi connectivity index (χ3n) is 1.09. The van der Waals surface area contributed by atoms with Crippen LogP contribution in [0.3, 0.4) is 0 Å². The van der Waals surface area contributed by atoms with Gasteiger partial charge in [0.05, 0.1) is 0 Å². The summed E-state index contributed by atoms with van der Waals surface area (Å²) in [4.78, 5) is 10.1. The summed E-state index contributed by atoms with van der Waals surface area (Å²) in [5.41, 5.74) is 5.11. The van der Waals surface area contributed by atoms with Gasteiger partial charge in [-0.3, -0.25) is 4.98 Å². The number of nitrogens with zero attached hydrogens (tertiary/aromatic N) is 2. The molecule has 4 heteroatoms. The molecule has 12 heavy (non-hydrogen) atoms. The average molecular weight is 162 g/mol. The molecule has 3 N–H and O–H groups in total. The van der Waals surface area contributed by atoms with Gasteiger partial charge in [-0.15, -0.1) is 0 Å². The number of aromatic amines is 1. The third-order valence-corrected chi connectivity index (χ3v) is 1.09. The Bertz CT molecular complexity index is 250. The van der Waals surface area contributed by atoms with Crippen LogP contribution in [0.4, 0.5) is 5.95 Å². The SMILES string of the molecule is Nc1ncc[nH]1.c1ccncc1. The molecule has 0 radical (unpaired) electrons. The molecule has 2 aromatic rings. The molecule has 62 valence electrons. The standard InChI is InChI=1S/C5H5N.C3H5N3/c1-2-4-6-5-3-1;4-3-5-1-2-6-3/h1-5H;1-2H,(H3,4,5,6). The van der Waals surface area contributed by atoms with E-state index in [4.69, 9.17) is 5.73 Å². The van der Waals surface area contributed by atoms with E-state index in [0.717, 1.165) is 0 Å². The van der Waals surface area contributed by atoms with Crippen molar-refractivity contribution in [3.05, 3.63) is 43.0 Å². The Hall–Kier alpha value is -1.84. The molecule has 0 atom stereocenters. The first-order chi connectivity index (χ1) is 5.89. The van der Waals surface area contributed by atoms with Gasteiger partial charge < -0.3 is 10.7 Å². The van der Waals surface area contributed by atoms with Crippen LogP contribution < -0.4 is 5.73 Å². The third kappa shape index (κ3) is 3.36. The van der Waals surface area contributed by atoms with Crippen molar-refractivity contribution in [2.24, 2.45) is 0 Å². The van der Waals surface area contributed by atoms with Gasteiger partial charge in [0.2, 0.25) is 0 Å². The predicted molar refractivity (Wildman–Crippen MR) is 47.2 cm³/mol. The van der Waals surface area contributed by atoms with Crippen molar-refractivity contribution < 1.29 is 0 Å². The number of nitrogen functional groups attached to an aromatic ring is 1. The van der Waals surface area contributed by atoms with Gasteiger partial charge in [-0.2, -0.15) is 0 Å². The maximum absolute atomic E-state index is 5.11. The van der Waals surface area contributed by atoms with Crippen LogP contribution in [-0.4, -0.2) is 15.0 Å². The average Bonchev–Trinajstić information content (AvgIpc) is 2.60. The monoisotopic (exact) mass is 162 g/mol. The van der Waals surface area contributed by atoms with Crippen molar-refractivity contribution in [2.75, 3.05) is 5.73 Å². The molecule has 0 bridgehead atoms. The smallest absolute Gasteiger partial charge is 0.197 e. The molecule has 0 aliphatic heterocycles. The van der Waals surface area contributed by atoms with Gasteiger partial charge in [0, 0.05) is 24.8 Å².